The molecule has 0 amide bonds. The van der Waals surface area contributed by atoms with E-state index >= 15 is 0 Å². The first-order valence-corrected chi connectivity index (χ1v) is 7.77. The summed E-state index contributed by atoms with van der Waals surface area (Å²) in [5.74, 6) is 1.65. The molecule has 0 bridgehead atoms. The van der Waals surface area contributed by atoms with E-state index in [2.05, 4.69) is 25.7 Å². The van der Waals surface area contributed by atoms with Crippen LogP contribution in [0, 0.1) is 5.92 Å². The Morgan fingerprint density at radius 1 is 1.38 bits per heavy atom. The molecule has 1 saturated heterocycles. The third-order valence-electron chi connectivity index (χ3n) is 3.64. The van der Waals surface area contributed by atoms with Gasteiger partial charge in [-0.15, -0.1) is 0 Å². The third kappa shape index (κ3) is 4.71. The summed E-state index contributed by atoms with van der Waals surface area (Å²) in [5, 5.41) is 0. The van der Waals surface area contributed by atoms with Crippen LogP contribution in [0.15, 0.2) is 29.8 Å². The van der Waals surface area contributed by atoms with Crippen LogP contribution >= 0.6 is 0 Å². The van der Waals surface area contributed by atoms with Crippen molar-refractivity contribution in [2.75, 3.05) is 26.2 Å². The molecule has 3 heteroatoms. The monoisotopic (exact) mass is 287 g/mol. The molecule has 1 aliphatic heterocycles. The Kier molecular flexibility index (Phi) is 5.57. The van der Waals surface area contributed by atoms with Crippen molar-refractivity contribution in [3.63, 3.8) is 0 Å². The highest BCUT2D eigenvalue weighted by molar-refractivity contribution is 6.00. The van der Waals surface area contributed by atoms with Crippen LogP contribution in [-0.4, -0.2) is 36.9 Å². The number of likely N-dealkylation sites (tertiary alicyclic amines) is 1. The highest BCUT2D eigenvalue weighted by atomic mass is 16.5. The number of benzene rings is 1. The second-order valence-electron chi connectivity index (χ2n) is 5.99. The zero-order valence-corrected chi connectivity index (χ0v) is 13.3. The minimum atomic E-state index is 0.271. The molecule has 2 rings (SSSR count). The summed E-state index contributed by atoms with van der Waals surface area (Å²) in [6, 6.07) is 7.97. The molecule has 0 atom stereocenters. The lowest BCUT2D eigenvalue weighted by Gasteiger charge is -2.26. The van der Waals surface area contributed by atoms with Gasteiger partial charge < -0.3 is 4.74 Å². The zero-order chi connectivity index (χ0) is 15.2. The number of hydrogen-bond donors (Lipinski definition) is 0. The van der Waals surface area contributed by atoms with Gasteiger partial charge in [-0.2, -0.15) is 0 Å². The lowest BCUT2D eigenvalue weighted by atomic mass is 10.0. The van der Waals surface area contributed by atoms with Crippen LogP contribution in [0.2, 0.25) is 0 Å². The van der Waals surface area contributed by atoms with Gasteiger partial charge in [0.1, 0.15) is 5.75 Å². The van der Waals surface area contributed by atoms with Gasteiger partial charge >= 0.3 is 0 Å². The number of likely N-dealkylation sites (N-methyl/N-ethyl adjacent to an activating group) is 1. The summed E-state index contributed by atoms with van der Waals surface area (Å²) < 4.78 is 5.74. The number of carbonyl (C=O) groups excluding carboxylic acids is 1. The summed E-state index contributed by atoms with van der Waals surface area (Å²) in [6.07, 6.45) is 2.63. The fourth-order valence-corrected chi connectivity index (χ4v) is 2.38. The van der Waals surface area contributed by atoms with Gasteiger partial charge in [0.15, 0.2) is 5.78 Å². The maximum atomic E-state index is 12.0. The van der Waals surface area contributed by atoms with E-state index in [4.69, 9.17) is 4.74 Å². The van der Waals surface area contributed by atoms with Crippen LogP contribution in [0.3, 0.4) is 0 Å². The van der Waals surface area contributed by atoms with Crippen molar-refractivity contribution in [3.05, 3.63) is 35.4 Å². The van der Waals surface area contributed by atoms with Gasteiger partial charge in [-0.25, -0.2) is 0 Å². The fourth-order valence-electron chi connectivity index (χ4n) is 2.38. The number of ketones is 1. The number of carbonyl (C=O) groups is 1. The van der Waals surface area contributed by atoms with Crippen molar-refractivity contribution in [1.82, 2.24) is 4.90 Å². The van der Waals surface area contributed by atoms with Gasteiger partial charge in [-0.05, 0) is 36.2 Å². The molecule has 3 nitrogen and oxygen atoms in total. The molecule has 1 aromatic rings. The Balaban J connectivity index is 2.11. The quantitative estimate of drug-likeness (QED) is 0.777. The Hall–Kier alpha value is -1.61. The second kappa shape index (κ2) is 7.41. The van der Waals surface area contributed by atoms with Gasteiger partial charge in [-0.1, -0.05) is 32.9 Å². The first kappa shape index (κ1) is 15.8. The molecule has 0 spiro atoms. The van der Waals surface area contributed by atoms with Crippen molar-refractivity contribution >= 4 is 11.9 Å². The van der Waals surface area contributed by atoms with Gasteiger partial charge in [0, 0.05) is 25.1 Å². The van der Waals surface area contributed by atoms with Gasteiger partial charge in [0.25, 0.3) is 0 Å². The Labute approximate surface area is 127 Å². The Morgan fingerprint density at radius 2 is 2.19 bits per heavy atom. The van der Waals surface area contributed by atoms with Crippen molar-refractivity contribution < 1.29 is 9.53 Å². The lowest BCUT2D eigenvalue weighted by Crippen LogP contribution is -2.35. The second-order valence-corrected chi connectivity index (χ2v) is 5.99. The molecule has 114 valence electrons. The molecular formula is C18H25NO2. The number of rotatable bonds is 5. The maximum absolute atomic E-state index is 12.0. The molecule has 0 aromatic heterocycles. The van der Waals surface area contributed by atoms with Crippen LogP contribution in [0.5, 0.6) is 5.75 Å². The van der Waals surface area contributed by atoms with Crippen LogP contribution < -0.4 is 4.74 Å². The zero-order valence-electron chi connectivity index (χ0n) is 13.3. The molecule has 1 aliphatic rings. The van der Waals surface area contributed by atoms with E-state index in [9.17, 15) is 4.79 Å². The molecule has 0 N–H and O–H groups in total. The summed E-state index contributed by atoms with van der Waals surface area (Å²) in [7, 11) is 0. The first-order chi connectivity index (χ1) is 10.1. The average molecular weight is 287 g/mol. The van der Waals surface area contributed by atoms with Gasteiger partial charge in [0.2, 0.25) is 0 Å². The highest BCUT2D eigenvalue weighted by Gasteiger charge is 2.19. The average Bonchev–Trinajstić information content (AvgIpc) is 2.48. The first-order valence-electron chi connectivity index (χ1n) is 7.77. The summed E-state index contributed by atoms with van der Waals surface area (Å²) in [4.78, 5) is 14.3. The number of ether oxygens (including phenoxy) is 1. The smallest absolute Gasteiger partial charge is 0.161 e. The largest absolute Gasteiger partial charge is 0.493 e. The molecule has 0 aliphatic carbocycles. The molecule has 1 heterocycles. The molecule has 1 aromatic carbocycles. The van der Waals surface area contributed by atoms with Crippen LogP contribution in [0.25, 0.3) is 6.08 Å². The minimum Gasteiger partial charge on any atom is -0.493 e. The Morgan fingerprint density at radius 3 is 2.90 bits per heavy atom. The van der Waals surface area contributed by atoms with Crippen LogP contribution in [0.1, 0.15) is 32.8 Å². The summed E-state index contributed by atoms with van der Waals surface area (Å²) in [5.41, 5.74) is 1.95. The maximum Gasteiger partial charge on any atom is 0.161 e. The van der Waals surface area contributed by atoms with E-state index < -0.39 is 0 Å². The normalized spacial score (nSPS) is 18.5. The highest BCUT2D eigenvalue weighted by Crippen LogP contribution is 2.19. The number of hydrogen-bond acceptors (Lipinski definition) is 3. The lowest BCUT2D eigenvalue weighted by molar-refractivity contribution is -0.117. The molecule has 0 radical (unpaired) electrons. The number of Topliss-reactive ketones (excluding diaryl/α,β-unsaturated/α-hetero) is 1. The fraction of sp³-hybridized carbons (Fsp3) is 0.500. The van der Waals surface area contributed by atoms with E-state index in [-0.39, 0.29) is 5.78 Å². The number of nitrogens with zero attached hydrogens (tertiary/aromatic N) is 1. The van der Waals surface area contributed by atoms with E-state index in [0.29, 0.717) is 18.9 Å². The van der Waals surface area contributed by atoms with Gasteiger partial charge in [0.05, 0.1) is 6.61 Å². The topological polar surface area (TPSA) is 29.5 Å². The molecule has 0 unspecified atom stereocenters. The van der Waals surface area contributed by atoms with Crippen LogP contribution in [-0.2, 0) is 4.79 Å². The predicted octanol–water partition coefficient (Wildman–Crippen LogP) is 3.40. The molecule has 0 saturated carbocycles. The van der Waals surface area contributed by atoms with Crippen LogP contribution in [0.4, 0.5) is 0 Å². The van der Waals surface area contributed by atoms with Crippen molar-refractivity contribution in [1.29, 1.82) is 0 Å². The Bertz CT molecular complexity index is 520. The summed E-state index contributed by atoms with van der Waals surface area (Å²) in [6.45, 7) is 9.73. The van der Waals surface area contributed by atoms with E-state index in [1.807, 2.05) is 30.3 Å². The molecular weight excluding hydrogens is 262 g/mol. The molecule has 1 fully saturated rings. The summed E-state index contributed by atoms with van der Waals surface area (Å²) >= 11 is 0. The molecule has 21 heavy (non-hydrogen) atoms. The SMILES string of the molecule is CCN1CCC(=O)/C(=C/c2cccc(OCC(C)C)c2)C1. The minimum absolute atomic E-state index is 0.271. The number of piperidine rings is 1. The van der Waals surface area contributed by atoms with Crippen molar-refractivity contribution in [2.45, 2.75) is 27.2 Å². The third-order valence-corrected chi connectivity index (χ3v) is 3.64. The van der Waals surface area contributed by atoms with E-state index in [1.165, 1.54) is 0 Å². The van der Waals surface area contributed by atoms with E-state index in [1.54, 1.807) is 0 Å². The predicted molar refractivity (Wildman–Crippen MR) is 86.5 cm³/mol. The van der Waals surface area contributed by atoms with Crippen molar-refractivity contribution in [2.24, 2.45) is 5.92 Å². The van der Waals surface area contributed by atoms with Gasteiger partial charge in [-0.3, -0.25) is 9.69 Å². The standard InChI is InChI=1S/C18H25NO2/c1-4-19-9-8-18(20)16(12-19)10-15-6-5-7-17(11-15)21-13-14(2)3/h5-7,10-11,14H,4,8-9,12-13H2,1-3H3/b16-10+. The van der Waals surface area contributed by atoms with E-state index in [0.717, 1.165) is 36.5 Å². The van der Waals surface area contributed by atoms with Crippen molar-refractivity contribution in [3.8, 4) is 5.75 Å².